The fourth-order valence-electron chi connectivity index (χ4n) is 3.67. The monoisotopic (exact) mass is 408 g/mol. The molecule has 0 aromatic heterocycles. The summed E-state index contributed by atoms with van der Waals surface area (Å²) in [5.41, 5.74) is -0.0819. The van der Waals surface area contributed by atoms with E-state index in [-0.39, 0.29) is 34.3 Å². The van der Waals surface area contributed by atoms with Crippen LogP contribution in [-0.2, 0) is 0 Å². The number of Topliss-reactive ketones (excluding diaryl/α,β-unsaturated/α-hetero) is 1. The molecule has 0 amide bonds. The van der Waals surface area contributed by atoms with E-state index in [0.29, 0.717) is 6.42 Å². The number of hydrogen-bond donors (Lipinski definition) is 2. The molecule has 5 heteroatoms. The number of ketones is 1. The summed E-state index contributed by atoms with van der Waals surface area (Å²) in [7, 11) is 2.79. The number of unbranched alkanes of at least 4 members (excludes halogenated alkanes) is 12. The molecule has 0 unspecified atom stereocenters. The number of hydrogen-bond acceptors (Lipinski definition) is 5. The molecule has 5 nitrogen and oxygen atoms in total. The molecule has 0 bridgehead atoms. The molecule has 0 saturated carbocycles. The first kappa shape index (κ1) is 25.1. The molecule has 0 radical (unpaired) electrons. The molecular formula is C24H40O5. The van der Waals surface area contributed by atoms with Gasteiger partial charge in [-0.1, -0.05) is 84.0 Å². The van der Waals surface area contributed by atoms with Crippen molar-refractivity contribution in [3.05, 3.63) is 11.6 Å². The van der Waals surface area contributed by atoms with E-state index in [2.05, 4.69) is 6.92 Å². The van der Waals surface area contributed by atoms with Crippen LogP contribution >= 0.6 is 0 Å². The molecule has 0 fully saturated rings. The second-order valence-electron chi connectivity index (χ2n) is 7.77. The molecule has 1 rings (SSSR count). The van der Waals surface area contributed by atoms with E-state index >= 15 is 0 Å². The van der Waals surface area contributed by atoms with Crippen molar-refractivity contribution in [2.75, 3.05) is 14.2 Å². The standard InChI is InChI=1S/C24H40O5/c1-4-5-6-7-8-9-10-11-12-13-14-15-16-17-19(25)22-20(26)18-21(28-2)24(29-3)23(22)27/h18,26-27H,4-17H2,1-3H3. The summed E-state index contributed by atoms with van der Waals surface area (Å²) in [5, 5.41) is 20.4. The molecule has 0 aliphatic rings. The number of methoxy groups -OCH3 is 2. The van der Waals surface area contributed by atoms with Crippen LogP contribution in [0.3, 0.4) is 0 Å². The predicted octanol–water partition coefficient (Wildman–Crippen LogP) is 6.78. The largest absolute Gasteiger partial charge is 0.507 e. The molecule has 0 spiro atoms. The Morgan fingerprint density at radius 1 is 0.793 bits per heavy atom. The first-order valence-electron chi connectivity index (χ1n) is 11.3. The fourth-order valence-corrected chi connectivity index (χ4v) is 3.67. The summed E-state index contributed by atoms with van der Waals surface area (Å²) in [6.07, 6.45) is 16.4. The van der Waals surface area contributed by atoms with E-state index in [1.54, 1.807) is 0 Å². The van der Waals surface area contributed by atoms with Crippen molar-refractivity contribution in [3.8, 4) is 23.0 Å². The van der Waals surface area contributed by atoms with Gasteiger partial charge in [-0.05, 0) is 6.42 Å². The van der Waals surface area contributed by atoms with Crippen LogP contribution in [0.15, 0.2) is 6.07 Å². The van der Waals surface area contributed by atoms with Gasteiger partial charge in [0.1, 0.15) is 11.3 Å². The summed E-state index contributed by atoms with van der Waals surface area (Å²) in [5.74, 6) is -0.646. The molecule has 29 heavy (non-hydrogen) atoms. The van der Waals surface area contributed by atoms with Gasteiger partial charge in [-0.3, -0.25) is 4.79 Å². The summed E-state index contributed by atoms with van der Waals surface area (Å²) in [4.78, 5) is 12.4. The van der Waals surface area contributed by atoms with Crippen molar-refractivity contribution >= 4 is 5.78 Å². The van der Waals surface area contributed by atoms with Crippen molar-refractivity contribution in [2.45, 2.75) is 96.8 Å². The van der Waals surface area contributed by atoms with Crippen LogP contribution in [0.25, 0.3) is 0 Å². The zero-order valence-electron chi connectivity index (χ0n) is 18.6. The van der Waals surface area contributed by atoms with Gasteiger partial charge in [0.25, 0.3) is 0 Å². The van der Waals surface area contributed by atoms with Crippen molar-refractivity contribution in [3.63, 3.8) is 0 Å². The number of benzene rings is 1. The van der Waals surface area contributed by atoms with E-state index < -0.39 is 0 Å². The molecule has 0 atom stereocenters. The summed E-state index contributed by atoms with van der Waals surface area (Å²) in [6.45, 7) is 2.25. The van der Waals surface area contributed by atoms with Gasteiger partial charge in [0.15, 0.2) is 17.3 Å². The Bertz CT molecular complexity index is 597. The fraction of sp³-hybridized carbons (Fsp3) is 0.708. The maximum Gasteiger partial charge on any atom is 0.204 e. The van der Waals surface area contributed by atoms with Gasteiger partial charge in [-0.25, -0.2) is 0 Å². The third-order valence-corrected chi connectivity index (χ3v) is 5.41. The minimum absolute atomic E-state index is 0.0685. The smallest absolute Gasteiger partial charge is 0.204 e. The lowest BCUT2D eigenvalue weighted by Crippen LogP contribution is -2.03. The lowest BCUT2D eigenvalue weighted by molar-refractivity contribution is 0.0973. The van der Waals surface area contributed by atoms with Gasteiger partial charge in [0.05, 0.1) is 14.2 Å². The number of rotatable bonds is 17. The van der Waals surface area contributed by atoms with Crippen molar-refractivity contribution in [1.29, 1.82) is 0 Å². The molecule has 0 aliphatic heterocycles. The van der Waals surface area contributed by atoms with Gasteiger partial charge >= 0.3 is 0 Å². The maximum absolute atomic E-state index is 12.4. The zero-order valence-corrected chi connectivity index (χ0v) is 18.6. The Kier molecular flexibility index (Phi) is 13.0. The zero-order chi connectivity index (χ0) is 21.5. The van der Waals surface area contributed by atoms with Crippen LogP contribution in [0.5, 0.6) is 23.0 Å². The number of phenols is 2. The van der Waals surface area contributed by atoms with E-state index in [9.17, 15) is 15.0 Å². The molecular weight excluding hydrogens is 368 g/mol. The normalized spacial score (nSPS) is 10.9. The van der Waals surface area contributed by atoms with Crippen molar-refractivity contribution in [1.82, 2.24) is 0 Å². The first-order valence-corrected chi connectivity index (χ1v) is 11.3. The van der Waals surface area contributed by atoms with Crippen LogP contribution < -0.4 is 9.47 Å². The van der Waals surface area contributed by atoms with Crippen LogP contribution in [0.4, 0.5) is 0 Å². The minimum Gasteiger partial charge on any atom is -0.507 e. The number of carbonyl (C=O) groups excluding carboxylic acids is 1. The minimum atomic E-state index is -0.357. The SMILES string of the molecule is CCCCCCCCCCCCCCCC(=O)c1c(O)cc(OC)c(OC)c1O. The van der Waals surface area contributed by atoms with Crippen LogP contribution in [0.2, 0.25) is 0 Å². The highest BCUT2D eigenvalue weighted by molar-refractivity contribution is 6.02. The summed E-state index contributed by atoms with van der Waals surface area (Å²) in [6, 6.07) is 1.30. The topological polar surface area (TPSA) is 76.0 Å². The number of aromatic hydroxyl groups is 2. The summed E-state index contributed by atoms with van der Waals surface area (Å²) < 4.78 is 10.2. The van der Waals surface area contributed by atoms with Crippen LogP contribution in [-0.4, -0.2) is 30.2 Å². The third kappa shape index (κ3) is 8.97. The Morgan fingerprint density at radius 2 is 1.28 bits per heavy atom. The number of ether oxygens (including phenoxy) is 2. The highest BCUT2D eigenvalue weighted by Gasteiger charge is 2.23. The van der Waals surface area contributed by atoms with E-state index in [1.807, 2.05) is 0 Å². The number of carbonyl (C=O) groups is 1. The highest BCUT2D eigenvalue weighted by atomic mass is 16.5. The van der Waals surface area contributed by atoms with Gasteiger partial charge in [0, 0.05) is 12.5 Å². The molecule has 2 N–H and O–H groups in total. The summed E-state index contributed by atoms with van der Waals surface area (Å²) >= 11 is 0. The highest BCUT2D eigenvalue weighted by Crippen LogP contribution is 2.44. The second kappa shape index (κ2) is 15.0. The van der Waals surface area contributed by atoms with Gasteiger partial charge in [0.2, 0.25) is 5.75 Å². The van der Waals surface area contributed by atoms with Crippen LogP contribution in [0, 0.1) is 0 Å². The molecule has 1 aromatic rings. The third-order valence-electron chi connectivity index (χ3n) is 5.41. The van der Waals surface area contributed by atoms with Gasteiger partial charge < -0.3 is 19.7 Å². The second-order valence-corrected chi connectivity index (χ2v) is 7.77. The molecule has 0 aliphatic carbocycles. The average Bonchev–Trinajstić information content (AvgIpc) is 2.71. The van der Waals surface area contributed by atoms with Crippen LogP contribution in [0.1, 0.15) is 107 Å². The van der Waals surface area contributed by atoms with Gasteiger partial charge in [-0.15, -0.1) is 0 Å². The van der Waals surface area contributed by atoms with E-state index in [0.717, 1.165) is 19.3 Å². The lowest BCUT2D eigenvalue weighted by Gasteiger charge is -2.14. The Labute approximate surface area is 176 Å². The lowest BCUT2D eigenvalue weighted by atomic mass is 10.0. The quantitative estimate of drug-likeness (QED) is 0.219. The molecule has 0 saturated heterocycles. The number of phenolic OH excluding ortho intramolecular Hbond substituents is 2. The van der Waals surface area contributed by atoms with E-state index in [4.69, 9.17) is 9.47 Å². The Hall–Kier alpha value is -1.91. The maximum atomic E-state index is 12.4. The first-order chi connectivity index (χ1) is 14.1. The Morgan fingerprint density at radius 3 is 1.72 bits per heavy atom. The predicted molar refractivity (Wildman–Crippen MR) is 118 cm³/mol. The Balaban J connectivity index is 2.20. The molecule has 1 aromatic carbocycles. The molecule has 166 valence electrons. The van der Waals surface area contributed by atoms with Gasteiger partial charge in [-0.2, -0.15) is 0 Å². The van der Waals surface area contributed by atoms with Crippen molar-refractivity contribution < 1.29 is 24.5 Å². The average molecular weight is 409 g/mol. The van der Waals surface area contributed by atoms with E-state index in [1.165, 1.54) is 84.5 Å². The molecule has 0 heterocycles. The van der Waals surface area contributed by atoms with Crippen molar-refractivity contribution in [2.24, 2.45) is 0 Å².